The number of sulfonamides is 2. The van der Waals surface area contributed by atoms with Gasteiger partial charge in [-0.1, -0.05) is 29.8 Å². The fraction of sp³-hybridized carbons (Fsp3) is 0.348. The molecule has 2 aliphatic heterocycles. The van der Waals surface area contributed by atoms with Crippen LogP contribution in [0.3, 0.4) is 0 Å². The van der Waals surface area contributed by atoms with Crippen molar-refractivity contribution in [1.29, 1.82) is 0 Å². The van der Waals surface area contributed by atoms with Crippen molar-refractivity contribution >= 4 is 75.9 Å². The zero-order valence-electron chi connectivity index (χ0n) is 37.4. The van der Waals surface area contributed by atoms with Crippen LogP contribution in [0.2, 0.25) is 5.02 Å². The van der Waals surface area contributed by atoms with Gasteiger partial charge in [-0.2, -0.15) is 20.2 Å². The van der Waals surface area contributed by atoms with Crippen LogP contribution in [0.15, 0.2) is 104 Å². The fourth-order valence-electron chi connectivity index (χ4n) is 8.37. The summed E-state index contributed by atoms with van der Waals surface area (Å²) in [6.07, 6.45) is 11.9. The third-order valence-electron chi connectivity index (χ3n) is 11.9. The van der Waals surface area contributed by atoms with Gasteiger partial charge in [-0.15, -0.1) is 0 Å². The van der Waals surface area contributed by atoms with Gasteiger partial charge in [0.15, 0.2) is 11.6 Å². The predicted molar refractivity (Wildman–Crippen MR) is 259 cm³/mol. The van der Waals surface area contributed by atoms with Gasteiger partial charge < -0.3 is 20.1 Å². The normalized spacial score (nSPS) is 16.7. The van der Waals surface area contributed by atoms with E-state index >= 15 is 0 Å². The van der Waals surface area contributed by atoms with Crippen LogP contribution >= 0.6 is 11.6 Å². The molecule has 0 saturated carbocycles. The number of hydrogen-bond acceptors (Lipinski definition) is 14. The molecule has 8 heterocycles. The van der Waals surface area contributed by atoms with Crippen LogP contribution in [0, 0.1) is 0 Å². The lowest BCUT2D eigenvalue weighted by atomic mass is 10.1. The third kappa shape index (κ3) is 10.4. The average Bonchev–Trinajstić information content (AvgIpc) is 4.01. The van der Waals surface area contributed by atoms with E-state index in [2.05, 4.69) is 20.8 Å². The lowest BCUT2D eigenvalue weighted by Crippen LogP contribution is -2.41. The molecule has 18 nitrogen and oxygen atoms in total. The number of para-hydroxylation sites is 1. The number of nitrogens with zero attached hydrogens (tertiary/aromatic N) is 10. The SMILES string of the molecule is C[C@H](Nc1ccnn2cccc12)c1nc(OC2CCN(S(C)(=O)=O)CC2)c2c(Cl)cccc2n1.C[C@H](Nc1ccnn2cccc12)c1nc(OC2CCN(S(C)(=O)=O)CC2)c2ccccc2n1. The maximum atomic E-state index is 11.8. The van der Waals surface area contributed by atoms with E-state index in [1.165, 1.54) is 21.1 Å². The van der Waals surface area contributed by atoms with Crippen LogP contribution in [0.4, 0.5) is 11.4 Å². The average molecular weight is 968 g/mol. The van der Waals surface area contributed by atoms with Gasteiger partial charge in [0.2, 0.25) is 31.8 Å². The molecule has 2 N–H and O–H groups in total. The molecule has 0 amide bonds. The topological polar surface area (TPSA) is 203 Å². The summed E-state index contributed by atoms with van der Waals surface area (Å²) in [5, 5.41) is 17.6. The van der Waals surface area contributed by atoms with Crippen molar-refractivity contribution in [3.63, 3.8) is 0 Å². The number of benzene rings is 2. The van der Waals surface area contributed by atoms with Gasteiger partial charge >= 0.3 is 0 Å². The Morgan fingerprint density at radius 2 is 1.07 bits per heavy atom. The van der Waals surface area contributed by atoms with E-state index in [0.717, 1.165) is 33.3 Å². The van der Waals surface area contributed by atoms with Gasteiger partial charge in [0, 0.05) is 51.0 Å². The molecule has 10 rings (SSSR count). The first-order chi connectivity index (χ1) is 32.2. The summed E-state index contributed by atoms with van der Waals surface area (Å²) in [5.41, 5.74) is 5.28. The molecule has 0 spiro atoms. The largest absolute Gasteiger partial charge is 0.474 e. The van der Waals surface area contributed by atoms with Crippen LogP contribution in [0.5, 0.6) is 11.8 Å². The first-order valence-corrected chi connectivity index (χ1v) is 26.1. The molecule has 2 atom stereocenters. The summed E-state index contributed by atoms with van der Waals surface area (Å²) in [6.45, 7) is 5.73. The minimum Gasteiger partial charge on any atom is -0.474 e. The first kappa shape index (κ1) is 45.9. The lowest BCUT2D eigenvalue weighted by molar-refractivity contribution is 0.131. The van der Waals surface area contributed by atoms with Crippen molar-refractivity contribution in [3.05, 3.63) is 120 Å². The number of ether oxygens (including phenoxy) is 2. The Bertz CT molecular complexity index is 3280. The maximum absolute atomic E-state index is 11.8. The summed E-state index contributed by atoms with van der Waals surface area (Å²) in [6, 6.07) is 24.6. The summed E-state index contributed by atoms with van der Waals surface area (Å²) in [4.78, 5) is 19.1. The molecule has 2 aliphatic rings. The van der Waals surface area contributed by atoms with Gasteiger partial charge in [0.1, 0.15) is 12.2 Å². The summed E-state index contributed by atoms with van der Waals surface area (Å²) < 4.78 is 66.5. The van der Waals surface area contributed by atoms with Crippen LogP contribution in [-0.4, -0.2) is 116 Å². The Kier molecular flexibility index (Phi) is 13.2. The van der Waals surface area contributed by atoms with Gasteiger partial charge in [0.05, 0.1) is 73.8 Å². The van der Waals surface area contributed by atoms with Crippen molar-refractivity contribution in [1.82, 2.24) is 47.8 Å². The third-order valence-corrected chi connectivity index (χ3v) is 14.9. The fourth-order valence-corrected chi connectivity index (χ4v) is 10.4. The molecule has 6 aromatic heterocycles. The molecule has 0 bridgehead atoms. The zero-order valence-corrected chi connectivity index (χ0v) is 39.8. The first-order valence-electron chi connectivity index (χ1n) is 22.0. The highest BCUT2D eigenvalue weighted by atomic mass is 35.5. The molecule has 350 valence electrons. The highest BCUT2D eigenvalue weighted by Crippen LogP contribution is 2.34. The molecule has 2 saturated heterocycles. The number of halogens is 1. The van der Waals surface area contributed by atoms with Crippen molar-refractivity contribution in [2.45, 2.75) is 63.8 Å². The van der Waals surface area contributed by atoms with Crippen molar-refractivity contribution in [3.8, 4) is 11.8 Å². The molecule has 21 heteroatoms. The Balaban J connectivity index is 0.000000168. The number of fused-ring (bicyclic) bond motifs is 4. The number of piperidine rings is 2. The van der Waals surface area contributed by atoms with E-state index in [-0.39, 0.29) is 24.3 Å². The minimum atomic E-state index is -3.21. The Hall–Kier alpha value is -6.19. The van der Waals surface area contributed by atoms with Crippen molar-refractivity contribution in [2.75, 3.05) is 49.3 Å². The number of hydrogen-bond donors (Lipinski definition) is 2. The van der Waals surface area contributed by atoms with E-state index < -0.39 is 20.0 Å². The smallest absolute Gasteiger partial charge is 0.226 e. The Morgan fingerprint density at radius 3 is 1.61 bits per heavy atom. The molecular weight excluding hydrogens is 916 g/mol. The highest BCUT2D eigenvalue weighted by Gasteiger charge is 2.29. The quantitative estimate of drug-likeness (QED) is 0.125. The molecule has 0 radical (unpaired) electrons. The molecule has 0 unspecified atom stereocenters. The van der Waals surface area contributed by atoms with Crippen LogP contribution in [-0.2, 0) is 20.0 Å². The standard InChI is InChI=1S/C23H25ClN6O3S.C23H26N6O3S/c1-15(26-18-8-11-25-30-12-4-7-20(18)30)22-27-19-6-3-5-17(24)21(19)23(28-22)33-16-9-13-29(14-10-16)34(2,31)32;1-16(25-20-9-12-24-29-13-5-8-21(20)29)22-26-19-7-4-3-6-18(19)23(27-22)32-17-10-14-28(15-11-17)33(2,30)31/h3-8,11-12,15-16,26H,9-10,13-14H2,1-2H3;3-9,12-13,16-17,25H,10-11,14-15H2,1-2H3/t15-;16-/m00/s1. The van der Waals surface area contributed by atoms with Crippen molar-refractivity contribution < 1.29 is 26.3 Å². The number of nitrogens with one attached hydrogen (secondary N) is 2. The van der Waals surface area contributed by atoms with E-state index in [1.54, 1.807) is 23.0 Å². The molecule has 0 aliphatic carbocycles. The highest BCUT2D eigenvalue weighted by molar-refractivity contribution is 7.88. The van der Waals surface area contributed by atoms with Crippen LogP contribution in [0.25, 0.3) is 32.8 Å². The zero-order chi connectivity index (χ0) is 46.9. The second-order valence-corrected chi connectivity index (χ2v) is 21.2. The van der Waals surface area contributed by atoms with Crippen molar-refractivity contribution in [2.24, 2.45) is 0 Å². The summed E-state index contributed by atoms with van der Waals surface area (Å²) in [7, 11) is -6.38. The molecule has 67 heavy (non-hydrogen) atoms. The predicted octanol–water partition coefficient (Wildman–Crippen LogP) is 7.16. The lowest BCUT2D eigenvalue weighted by Gasteiger charge is -2.30. The van der Waals surface area contributed by atoms with Gasteiger partial charge in [-0.05, 0) is 100 Å². The van der Waals surface area contributed by atoms with E-state index in [4.69, 9.17) is 41.0 Å². The molecule has 2 aromatic carbocycles. The van der Waals surface area contributed by atoms with Crippen LogP contribution < -0.4 is 20.1 Å². The van der Waals surface area contributed by atoms with E-state index in [0.29, 0.717) is 91.2 Å². The van der Waals surface area contributed by atoms with Crippen LogP contribution in [0.1, 0.15) is 63.3 Å². The van der Waals surface area contributed by atoms with Gasteiger partial charge in [0.25, 0.3) is 0 Å². The minimum absolute atomic E-state index is 0.0991. The van der Waals surface area contributed by atoms with Gasteiger partial charge in [-0.25, -0.2) is 44.4 Å². The van der Waals surface area contributed by atoms with Gasteiger partial charge in [-0.3, -0.25) is 0 Å². The number of aromatic nitrogens is 8. The second kappa shape index (κ2) is 19.2. The van der Waals surface area contributed by atoms with E-state index in [1.807, 2.05) is 104 Å². The second-order valence-electron chi connectivity index (χ2n) is 16.8. The molecular formula is C46H51ClN12O6S2. The molecule has 2 fully saturated rings. The molecule has 8 aromatic rings. The number of rotatable bonds is 12. The number of anilines is 2. The monoisotopic (exact) mass is 966 g/mol. The van der Waals surface area contributed by atoms with E-state index in [9.17, 15) is 16.8 Å². The Morgan fingerprint density at radius 1 is 0.597 bits per heavy atom. The maximum Gasteiger partial charge on any atom is 0.226 e. The summed E-state index contributed by atoms with van der Waals surface area (Å²) in [5.74, 6) is 2.14. The Labute approximate surface area is 393 Å². The summed E-state index contributed by atoms with van der Waals surface area (Å²) >= 11 is 6.50.